The first-order chi connectivity index (χ1) is 7.88. The Morgan fingerprint density at radius 2 is 2.50 bits per heavy atom. The van der Waals surface area contributed by atoms with Gasteiger partial charge in [-0.15, -0.1) is 0 Å². The second-order valence-corrected chi connectivity index (χ2v) is 5.64. The van der Waals surface area contributed by atoms with Crippen LogP contribution in [0.4, 0.5) is 0 Å². The summed E-state index contributed by atoms with van der Waals surface area (Å²) in [5.74, 6) is 0. The molecule has 0 aliphatic heterocycles. The van der Waals surface area contributed by atoms with Crippen LogP contribution in [-0.2, 0) is 0 Å². The summed E-state index contributed by atoms with van der Waals surface area (Å²) in [4.78, 5) is 4.17. The minimum atomic E-state index is 0.691. The minimum absolute atomic E-state index is 0.691. The largest absolute Gasteiger partial charge is 0.314 e. The molecular weight excluding hydrogens is 220 g/mol. The van der Waals surface area contributed by atoms with E-state index in [0.29, 0.717) is 11.3 Å². The third-order valence-corrected chi connectivity index (χ3v) is 4.16. The summed E-state index contributed by atoms with van der Waals surface area (Å²) >= 11 is 1.84. The van der Waals surface area contributed by atoms with Crippen LogP contribution in [0.25, 0.3) is 0 Å². The van der Waals surface area contributed by atoms with E-state index in [1.807, 2.05) is 11.8 Å². The van der Waals surface area contributed by atoms with E-state index in [1.165, 1.54) is 32.1 Å². The zero-order valence-electron chi connectivity index (χ0n) is 9.78. The van der Waals surface area contributed by atoms with Crippen molar-refractivity contribution in [3.63, 3.8) is 0 Å². The predicted molar refractivity (Wildman–Crippen MR) is 66.6 cm³/mol. The maximum Gasteiger partial charge on any atom is 0.183 e. The van der Waals surface area contributed by atoms with Gasteiger partial charge < -0.3 is 5.32 Å². The zero-order valence-corrected chi connectivity index (χ0v) is 10.6. The SMILES string of the molecule is CCCNC1CCCC(Sc2ncn[nH]2)C1. The van der Waals surface area contributed by atoms with Crippen molar-refractivity contribution in [2.45, 2.75) is 55.5 Å². The average Bonchev–Trinajstić information content (AvgIpc) is 2.80. The van der Waals surface area contributed by atoms with Crippen LogP contribution in [0, 0.1) is 0 Å². The fraction of sp³-hybridized carbons (Fsp3) is 0.818. The molecule has 0 spiro atoms. The molecule has 1 heterocycles. The van der Waals surface area contributed by atoms with E-state index in [0.717, 1.165) is 11.7 Å². The van der Waals surface area contributed by atoms with Crippen molar-refractivity contribution in [2.75, 3.05) is 6.54 Å². The minimum Gasteiger partial charge on any atom is -0.314 e. The van der Waals surface area contributed by atoms with Gasteiger partial charge in [0, 0.05) is 11.3 Å². The van der Waals surface area contributed by atoms with Gasteiger partial charge in [0.05, 0.1) is 0 Å². The standard InChI is InChI=1S/C11H20N4S/c1-2-6-12-9-4-3-5-10(7-9)16-11-13-8-14-15-11/h8-10,12H,2-7H2,1H3,(H,13,14,15). The maximum absolute atomic E-state index is 4.17. The monoisotopic (exact) mass is 240 g/mol. The zero-order chi connectivity index (χ0) is 11.2. The van der Waals surface area contributed by atoms with Crippen molar-refractivity contribution in [3.8, 4) is 0 Å². The summed E-state index contributed by atoms with van der Waals surface area (Å²) in [5.41, 5.74) is 0. The highest BCUT2D eigenvalue weighted by Crippen LogP contribution is 2.31. The number of H-pyrrole nitrogens is 1. The van der Waals surface area contributed by atoms with Crippen LogP contribution >= 0.6 is 11.8 Å². The van der Waals surface area contributed by atoms with Gasteiger partial charge in [-0.1, -0.05) is 25.1 Å². The second kappa shape index (κ2) is 6.25. The van der Waals surface area contributed by atoms with Crippen molar-refractivity contribution in [3.05, 3.63) is 6.33 Å². The van der Waals surface area contributed by atoms with E-state index in [-0.39, 0.29) is 0 Å². The molecule has 5 heteroatoms. The van der Waals surface area contributed by atoms with Crippen LogP contribution in [0.5, 0.6) is 0 Å². The summed E-state index contributed by atoms with van der Waals surface area (Å²) in [6.45, 7) is 3.36. The van der Waals surface area contributed by atoms with Crippen molar-refractivity contribution >= 4 is 11.8 Å². The Kier molecular flexibility index (Phi) is 4.66. The Morgan fingerprint density at radius 3 is 3.25 bits per heavy atom. The van der Waals surface area contributed by atoms with E-state index in [2.05, 4.69) is 27.4 Å². The van der Waals surface area contributed by atoms with Crippen LogP contribution in [0.3, 0.4) is 0 Å². The third-order valence-electron chi connectivity index (χ3n) is 2.98. The fourth-order valence-electron chi connectivity index (χ4n) is 2.19. The molecule has 0 amide bonds. The molecule has 90 valence electrons. The van der Waals surface area contributed by atoms with Gasteiger partial charge in [-0.3, -0.25) is 5.10 Å². The van der Waals surface area contributed by atoms with Crippen LogP contribution in [0.15, 0.2) is 11.5 Å². The summed E-state index contributed by atoms with van der Waals surface area (Å²) < 4.78 is 0. The molecule has 1 fully saturated rings. The highest BCUT2D eigenvalue weighted by Gasteiger charge is 2.22. The highest BCUT2D eigenvalue weighted by molar-refractivity contribution is 7.99. The van der Waals surface area contributed by atoms with Crippen molar-refractivity contribution in [1.29, 1.82) is 0 Å². The van der Waals surface area contributed by atoms with E-state index in [1.54, 1.807) is 6.33 Å². The number of nitrogens with one attached hydrogen (secondary N) is 2. The maximum atomic E-state index is 4.17. The lowest BCUT2D eigenvalue weighted by Crippen LogP contribution is -2.35. The van der Waals surface area contributed by atoms with Gasteiger partial charge >= 0.3 is 0 Å². The second-order valence-electron chi connectivity index (χ2n) is 4.35. The number of hydrogen-bond acceptors (Lipinski definition) is 4. The van der Waals surface area contributed by atoms with Gasteiger partial charge in [-0.2, -0.15) is 5.10 Å². The van der Waals surface area contributed by atoms with Crippen LogP contribution in [0.1, 0.15) is 39.0 Å². The first-order valence-electron chi connectivity index (χ1n) is 6.14. The van der Waals surface area contributed by atoms with Crippen LogP contribution < -0.4 is 5.32 Å². The Labute approximate surface area is 101 Å². The predicted octanol–water partition coefficient (Wildman–Crippen LogP) is 2.21. The normalized spacial score (nSPS) is 25.8. The molecule has 1 aliphatic carbocycles. The van der Waals surface area contributed by atoms with Crippen molar-refractivity contribution < 1.29 is 0 Å². The lowest BCUT2D eigenvalue weighted by molar-refractivity contribution is 0.381. The van der Waals surface area contributed by atoms with Gasteiger partial charge in [0.15, 0.2) is 5.16 Å². The molecule has 0 aromatic carbocycles. The van der Waals surface area contributed by atoms with Crippen molar-refractivity contribution in [2.24, 2.45) is 0 Å². The summed E-state index contributed by atoms with van der Waals surface area (Å²) in [6.07, 6.45) is 8.01. The first kappa shape index (κ1) is 11.9. The number of hydrogen-bond donors (Lipinski definition) is 2. The molecule has 1 aliphatic rings. The van der Waals surface area contributed by atoms with Crippen molar-refractivity contribution in [1.82, 2.24) is 20.5 Å². The van der Waals surface area contributed by atoms with E-state index >= 15 is 0 Å². The number of aromatic nitrogens is 3. The molecule has 2 unspecified atom stereocenters. The Balaban J connectivity index is 1.77. The van der Waals surface area contributed by atoms with Gasteiger partial charge in [-0.05, 0) is 32.2 Å². The molecule has 1 aromatic heterocycles. The van der Waals surface area contributed by atoms with Gasteiger partial charge in [0.25, 0.3) is 0 Å². The Hall–Kier alpha value is -0.550. The molecule has 0 saturated heterocycles. The highest BCUT2D eigenvalue weighted by atomic mass is 32.2. The third kappa shape index (κ3) is 3.49. The summed E-state index contributed by atoms with van der Waals surface area (Å²) in [7, 11) is 0. The molecule has 2 N–H and O–H groups in total. The van der Waals surface area contributed by atoms with Crippen LogP contribution in [-0.4, -0.2) is 33.0 Å². The smallest absolute Gasteiger partial charge is 0.183 e. The first-order valence-corrected chi connectivity index (χ1v) is 7.02. The number of thioether (sulfide) groups is 1. The topological polar surface area (TPSA) is 53.6 Å². The van der Waals surface area contributed by atoms with Gasteiger partial charge in [0.1, 0.15) is 6.33 Å². The quantitative estimate of drug-likeness (QED) is 0.828. The Bertz CT molecular complexity index is 288. The van der Waals surface area contributed by atoms with E-state index < -0.39 is 0 Å². The van der Waals surface area contributed by atoms with Crippen LogP contribution in [0.2, 0.25) is 0 Å². The number of aromatic amines is 1. The number of nitrogens with zero attached hydrogens (tertiary/aromatic N) is 2. The molecule has 16 heavy (non-hydrogen) atoms. The van der Waals surface area contributed by atoms with E-state index in [4.69, 9.17) is 0 Å². The average molecular weight is 240 g/mol. The number of rotatable bonds is 5. The summed E-state index contributed by atoms with van der Waals surface area (Å²) in [6, 6.07) is 0.703. The lowest BCUT2D eigenvalue weighted by atomic mass is 9.95. The Morgan fingerprint density at radius 1 is 1.56 bits per heavy atom. The van der Waals surface area contributed by atoms with Gasteiger partial charge in [-0.25, -0.2) is 4.98 Å². The molecule has 4 nitrogen and oxygen atoms in total. The summed E-state index contributed by atoms with van der Waals surface area (Å²) in [5, 5.41) is 12.1. The molecular formula is C11H20N4S. The fourth-order valence-corrected chi connectivity index (χ4v) is 3.34. The molecule has 0 radical (unpaired) electrons. The molecule has 1 saturated carbocycles. The molecule has 0 bridgehead atoms. The molecule has 2 rings (SSSR count). The van der Waals surface area contributed by atoms with Gasteiger partial charge in [0.2, 0.25) is 0 Å². The lowest BCUT2D eigenvalue weighted by Gasteiger charge is -2.28. The molecule has 1 aromatic rings. The van der Waals surface area contributed by atoms with E-state index in [9.17, 15) is 0 Å². The molecule has 2 atom stereocenters.